The van der Waals surface area contributed by atoms with Crippen LogP contribution >= 0.6 is 0 Å². The van der Waals surface area contributed by atoms with Gasteiger partial charge >= 0.3 is 11.7 Å². The summed E-state index contributed by atoms with van der Waals surface area (Å²) in [5.74, 6) is 3.79. The molecule has 0 aromatic carbocycles. The van der Waals surface area contributed by atoms with E-state index in [-0.39, 0.29) is 6.61 Å². The summed E-state index contributed by atoms with van der Waals surface area (Å²) in [4.78, 5) is 24.5. The molecule has 0 aliphatic carbocycles. The summed E-state index contributed by atoms with van der Waals surface area (Å²) in [5, 5.41) is 0. The Morgan fingerprint density at radius 3 is 2.71 bits per heavy atom. The average Bonchev–Trinajstić information content (AvgIpc) is 2.28. The van der Waals surface area contributed by atoms with E-state index >= 15 is 0 Å². The van der Waals surface area contributed by atoms with Crippen molar-refractivity contribution in [1.82, 2.24) is 0 Å². The van der Waals surface area contributed by atoms with E-state index in [0.717, 1.165) is 19.8 Å². The second-order valence-corrected chi connectivity index (χ2v) is 3.12. The van der Waals surface area contributed by atoms with Gasteiger partial charge in [0.15, 0.2) is 6.61 Å². The summed E-state index contributed by atoms with van der Waals surface area (Å²) in [5.41, 5.74) is 7.76. The highest BCUT2D eigenvalue weighted by molar-refractivity contribution is 6.61. The van der Waals surface area contributed by atoms with Gasteiger partial charge in [-0.1, -0.05) is 17.9 Å². The Morgan fingerprint density at radius 2 is 2.18 bits per heavy atom. The molecule has 0 N–H and O–H groups in total. The fraction of sp³-hybridized carbons (Fsp3) is 0.417. The van der Waals surface area contributed by atoms with Gasteiger partial charge in [0.1, 0.15) is 0 Å². The van der Waals surface area contributed by atoms with Crippen molar-refractivity contribution in [1.29, 1.82) is 0 Å². The number of hydrogen-bond acceptors (Lipinski definition) is 3. The smallest absolute Gasteiger partial charge is 0.441 e. The largest absolute Gasteiger partial charge is 0.444 e. The van der Waals surface area contributed by atoms with Gasteiger partial charge < -0.3 is 10.3 Å². The predicted molar refractivity (Wildman–Crippen MR) is 62.1 cm³/mol. The summed E-state index contributed by atoms with van der Waals surface area (Å²) in [6, 6.07) is 0. The Balaban J connectivity index is 3.97. The van der Waals surface area contributed by atoms with Crippen LogP contribution in [-0.4, -0.2) is 28.9 Å². The topological polar surface area (TPSA) is 79.8 Å². The lowest BCUT2D eigenvalue weighted by Crippen LogP contribution is -2.25. The molecule has 0 bridgehead atoms. The number of rotatable bonds is 6. The monoisotopic (exact) mass is 234 g/mol. The van der Waals surface area contributed by atoms with E-state index in [4.69, 9.17) is 5.53 Å². The standard InChI is InChI=1S/C12H14N2O3/c1-3-4-5-6-7-8-9-17-12(16)11(14-13)10(2)15/h3H,1,4-6,9H2,2H3. The summed E-state index contributed by atoms with van der Waals surface area (Å²) < 4.78 is 4.62. The Labute approximate surface area is 100 Å². The van der Waals surface area contributed by atoms with Crippen molar-refractivity contribution in [2.24, 2.45) is 0 Å². The lowest BCUT2D eigenvalue weighted by Gasteiger charge is -1.93. The van der Waals surface area contributed by atoms with Gasteiger partial charge in [-0.3, -0.25) is 4.79 Å². The van der Waals surface area contributed by atoms with Crippen LogP contribution in [-0.2, 0) is 14.3 Å². The minimum atomic E-state index is -0.972. The van der Waals surface area contributed by atoms with E-state index in [1.54, 1.807) is 6.08 Å². The Morgan fingerprint density at radius 1 is 1.47 bits per heavy atom. The molecule has 0 radical (unpaired) electrons. The van der Waals surface area contributed by atoms with Crippen LogP contribution in [0.25, 0.3) is 5.53 Å². The minimum Gasteiger partial charge on any atom is -0.444 e. The van der Waals surface area contributed by atoms with E-state index in [1.807, 2.05) is 0 Å². The van der Waals surface area contributed by atoms with E-state index < -0.39 is 17.5 Å². The molecule has 0 rings (SSSR count). The lowest BCUT2D eigenvalue weighted by atomic mass is 10.2. The zero-order chi connectivity index (χ0) is 13.1. The summed E-state index contributed by atoms with van der Waals surface area (Å²) >= 11 is 0. The number of unbranched alkanes of at least 4 members (excludes halogenated alkanes) is 2. The van der Waals surface area contributed by atoms with Crippen molar-refractivity contribution in [3.63, 3.8) is 0 Å². The maximum Gasteiger partial charge on any atom is 0.441 e. The Kier molecular flexibility index (Phi) is 7.91. The van der Waals surface area contributed by atoms with Crippen molar-refractivity contribution >= 4 is 17.5 Å². The highest BCUT2D eigenvalue weighted by atomic mass is 16.5. The molecule has 0 saturated carbocycles. The molecule has 0 saturated heterocycles. The van der Waals surface area contributed by atoms with Crippen molar-refractivity contribution < 1.29 is 19.1 Å². The van der Waals surface area contributed by atoms with Crippen LogP contribution < -0.4 is 0 Å². The molecular formula is C12H14N2O3. The zero-order valence-electron chi connectivity index (χ0n) is 9.73. The van der Waals surface area contributed by atoms with Gasteiger partial charge in [-0.25, -0.2) is 4.79 Å². The van der Waals surface area contributed by atoms with Crippen LogP contribution in [0, 0.1) is 11.8 Å². The number of ketones is 1. The Bertz CT molecular complexity index is 409. The van der Waals surface area contributed by atoms with Crippen molar-refractivity contribution in [3.05, 3.63) is 18.2 Å². The quantitative estimate of drug-likeness (QED) is 0.101. The fourth-order valence-corrected chi connectivity index (χ4v) is 0.899. The number of carbonyl (C=O) groups is 2. The van der Waals surface area contributed by atoms with Crippen molar-refractivity contribution in [2.75, 3.05) is 6.61 Å². The number of carbonyl (C=O) groups excluding carboxylic acids is 2. The molecule has 0 aliphatic rings. The minimum absolute atomic E-state index is 0.126. The van der Waals surface area contributed by atoms with Gasteiger partial charge in [-0.15, -0.1) is 6.58 Å². The van der Waals surface area contributed by atoms with Crippen LogP contribution in [0.5, 0.6) is 0 Å². The molecular weight excluding hydrogens is 220 g/mol. The number of ether oxygens (including phenoxy) is 1. The first-order chi connectivity index (χ1) is 8.13. The molecule has 5 nitrogen and oxygen atoms in total. The second kappa shape index (κ2) is 9.08. The molecule has 0 aromatic rings. The van der Waals surface area contributed by atoms with Crippen molar-refractivity contribution in [3.8, 4) is 11.8 Å². The van der Waals surface area contributed by atoms with Gasteiger partial charge in [-0.05, 0) is 12.8 Å². The van der Waals surface area contributed by atoms with Crippen LogP contribution in [0.4, 0.5) is 0 Å². The molecule has 0 aromatic heterocycles. The average molecular weight is 234 g/mol. The molecule has 0 atom stereocenters. The molecule has 0 aliphatic heterocycles. The van der Waals surface area contributed by atoms with Crippen LogP contribution in [0.15, 0.2) is 12.7 Å². The first-order valence-electron chi connectivity index (χ1n) is 5.10. The lowest BCUT2D eigenvalue weighted by molar-refractivity contribution is -0.140. The molecule has 5 heteroatoms. The maximum absolute atomic E-state index is 11.1. The molecule has 90 valence electrons. The van der Waals surface area contributed by atoms with Gasteiger partial charge in [0.2, 0.25) is 5.78 Å². The van der Waals surface area contributed by atoms with E-state index in [9.17, 15) is 9.59 Å². The van der Waals surface area contributed by atoms with Gasteiger partial charge in [0, 0.05) is 13.3 Å². The van der Waals surface area contributed by atoms with Crippen molar-refractivity contribution in [2.45, 2.75) is 26.2 Å². The van der Waals surface area contributed by atoms with Crippen LogP contribution in [0.1, 0.15) is 26.2 Å². The van der Waals surface area contributed by atoms with Crippen LogP contribution in [0.2, 0.25) is 0 Å². The normalized spacial score (nSPS) is 8.29. The number of Topliss-reactive ketones (excluding diaryl/α,β-unsaturated/α-hetero) is 1. The third-order valence-corrected chi connectivity index (χ3v) is 1.74. The van der Waals surface area contributed by atoms with Gasteiger partial charge in [0.05, 0.1) is 0 Å². The molecule has 0 heterocycles. The fourth-order valence-electron chi connectivity index (χ4n) is 0.899. The first kappa shape index (κ1) is 14.8. The van der Waals surface area contributed by atoms with E-state index in [0.29, 0.717) is 6.42 Å². The first-order valence-corrected chi connectivity index (χ1v) is 5.10. The SMILES string of the molecule is C=CCCCC#CCOC(=O)C(=[N+]=[N-])C(C)=O. The van der Waals surface area contributed by atoms with Gasteiger partial charge in [0.25, 0.3) is 0 Å². The second-order valence-electron chi connectivity index (χ2n) is 3.12. The maximum atomic E-state index is 11.1. The third-order valence-electron chi connectivity index (χ3n) is 1.74. The molecule has 0 fully saturated rings. The highest BCUT2D eigenvalue weighted by Crippen LogP contribution is 1.93. The van der Waals surface area contributed by atoms with Crippen LogP contribution in [0.3, 0.4) is 0 Å². The number of nitrogens with zero attached hydrogens (tertiary/aromatic N) is 2. The highest BCUT2D eigenvalue weighted by Gasteiger charge is 2.26. The number of allylic oxidation sites excluding steroid dienone is 1. The summed E-state index contributed by atoms with van der Waals surface area (Å²) in [7, 11) is 0. The Hall–Kier alpha value is -2.18. The number of esters is 1. The molecule has 0 spiro atoms. The predicted octanol–water partition coefficient (Wildman–Crippen LogP) is 1.15. The molecule has 17 heavy (non-hydrogen) atoms. The molecule has 0 amide bonds. The zero-order valence-corrected chi connectivity index (χ0v) is 9.73. The van der Waals surface area contributed by atoms with Gasteiger partial charge in [-0.2, -0.15) is 4.79 Å². The summed E-state index contributed by atoms with van der Waals surface area (Å²) in [6.07, 6.45) is 4.29. The number of hydrogen-bond donors (Lipinski definition) is 0. The van der Waals surface area contributed by atoms with E-state index in [2.05, 4.69) is 27.9 Å². The van der Waals surface area contributed by atoms with E-state index in [1.165, 1.54) is 0 Å². The summed E-state index contributed by atoms with van der Waals surface area (Å²) in [6.45, 7) is 4.56. The third kappa shape index (κ3) is 6.82. The molecule has 0 unspecified atom stereocenters.